The molecule has 0 bridgehead atoms. The van der Waals surface area contributed by atoms with Crippen LogP contribution >= 0.6 is 0 Å². The lowest BCUT2D eigenvalue weighted by Gasteiger charge is -2.04. The van der Waals surface area contributed by atoms with Crippen molar-refractivity contribution in [1.29, 1.82) is 0 Å². The SMILES string of the molecule is CCCCCCCCCCCCCCCCCCNCC1CN1. The highest BCUT2D eigenvalue weighted by molar-refractivity contribution is 4.84. The van der Waals surface area contributed by atoms with Gasteiger partial charge >= 0.3 is 0 Å². The van der Waals surface area contributed by atoms with Crippen LogP contribution in [0.3, 0.4) is 0 Å². The average molecular weight is 325 g/mol. The molecule has 0 aromatic rings. The van der Waals surface area contributed by atoms with Crippen molar-refractivity contribution in [3.63, 3.8) is 0 Å². The quantitative estimate of drug-likeness (QED) is 0.232. The van der Waals surface area contributed by atoms with Crippen LogP contribution in [0.5, 0.6) is 0 Å². The van der Waals surface area contributed by atoms with E-state index in [1.165, 1.54) is 122 Å². The Hall–Kier alpha value is -0.0800. The number of nitrogens with one attached hydrogen (secondary N) is 2. The molecule has 2 N–H and O–H groups in total. The molecule has 0 aliphatic carbocycles. The first-order valence-corrected chi connectivity index (χ1v) is 10.9. The fourth-order valence-electron chi connectivity index (χ4n) is 3.30. The second kappa shape index (κ2) is 16.8. The van der Waals surface area contributed by atoms with Gasteiger partial charge in [-0.05, 0) is 13.0 Å². The predicted octanol–water partition coefficient (Wildman–Crippen LogP) is 5.81. The van der Waals surface area contributed by atoms with E-state index in [4.69, 9.17) is 0 Å². The van der Waals surface area contributed by atoms with Crippen LogP contribution in [0.4, 0.5) is 0 Å². The fourth-order valence-corrected chi connectivity index (χ4v) is 3.30. The zero-order valence-corrected chi connectivity index (χ0v) is 16.0. The standard InChI is InChI=1S/C21H44N2/c1-2-3-4-5-6-7-8-9-10-11-12-13-14-15-16-17-18-22-19-21-20-23-21/h21-23H,2-20H2,1H3. The second-order valence-corrected chi connectivity index (χ2v) is 7.61. The first-order chi connectivity index (χ1) is 11.4. The average Bonchev–Trinajstić information content (AvgIpc) is 3.38. The summed E-state index contributed by atoms with van der Waals surface area (Å²) in [7, 11) is 0. The third kappa shape index (κ3) is 16.6. The first kappa shape index (κ1) is 21.0. The van der Waals surface area contributed by atoms with Crippen molar-refractivity contribution in [2.24, 2.45) is 0 Å². The van der Waals surface area contributed by atoms with E-state index >= 15 is 0 Å². The molecule has 0 saturated carbocycles. The highest BCUT2D eigenvalue weighted by atomic mass is 15.1. The van der Waals surface area contributed by atoms with Crippen molar-refractivity contribution >= 4 is 0 Å². The predicted molar refractivity (Wildman–Crippen MR) is 104 cm³/mol. The van der Waals surface area contributed by atoms with Crippen molar-refractivity contribution in [3.8, 4) is 0 Å². The van der Waals surface area contributed by atoms with Gasteiger partial charge in [0.05, 0.1) is 0 Å². The summed E-state index contributed by atoms with van der Waals surface area (Å²) in [6, 6.07) is 0.788. The van der Waals surface area contributed by atoms with Gasteiger partial charge in [0.15, 0.2) is 0 Å². The summed E-state index contributed by atoms with van der Waals surface area (Å²) in [6.07, 6.45) is 23.3. The van der Waals surface area contributed by atoms with Gasteiger partial charge in [0.25, 0.3) is 0 Å². The molecular weight excluding hydrogens is 280 g/mol. The largest absolute Gasteiger partial charge is 0.315 e. The Morgan fingerprint density at radius 2 is 1.04 bits per heavy atom. The van der Waals surface area contributed by atoms with Gasteiger partial charge in [0.1, 0.15) is 0 Å². The van der Waals surface area contributed by atoms with E-state index in [1.807, 2.05) is 0 Å². The Morgan fingerprint density at radius 1 is 0.652 bits per heavy atom. The summed E-state index contributed by atoms with van der Waals surface area (Å²) < 4.78 is 0. The van der Waals surface area contributed by atoms with E-state index in [0.717, 1.165) is 6.04 Å². The third-order valence-corrected chi connectivity index (χ3v) is 5.09. The number of hydrogen-bond acceptors (Lipinski definition) is 2. The monoisotopic (exact) mass is 324 g/mol. The summed E-state index contributed by atoms with van der Waals surface area (Å²) in [6.45, 7) is 5.92. The second-order valence-electron chi connectivity index (χ2n) is 7.61. The topological polar surface area (TPSA) is 34.0 Å². The molecule has 1 rings (SSSR count). The summed E-state index contributed by atoms with van der Waals surface area (Å²) in [5, 5.41) is 6.86. The Labute approximate surface area is 146 Å². The molecule has 138 valence electrons. The van der Waals surface area contributed by atoms with Crippen LogP contribution in [0.25, 0.3) is 0 Å². The molecule has 2 heteroatoms. The van der Waals surface area contributed by atoms with Gasteiger partial charge in [0, 0.05) is 19.1 Å². The van der Waals surface area contributed by atoms with Gasteiger partial charge in [0.2, 0.25) is 0 Å². The van der Waals surface area contributed by atoms with E-state index in [-0.39, 0.29) is 0 Å². The van der Waals surface area contributed by atoms with Crippen molar-refractivity contribution in [2.75, 3.05) is 19.6 Å². The maximum Gasteiger partial charge on any atom is 0.0318 e. The molecule has 1 heterocycles. The van der Waals surface area contributed by atoms with Crippen LogP contribution in [0, 0.1) is 0 Å². The molecule has 0 aromatic heterocycles. The van der Waals surface area contributed by atoms with Gasteiger partial charge in [-0.1, -0.05) is 103 Å². The van der Waals surface area contributed by atoms with Crippen LogP contribution in [0.15, 0.2) is 0 Å². The number of unbranched alkanes of at least 4 members (excludes halogenated alkanes) is 15. The van der Waals surface area contributed by atoms with Crippen molar-refractivity contribution < 1.29 is 0 Å². The molecule has 1 atom stereocenters. The summed E-state index contributed by atoms with van der Waals surface area (Å²) in [5.41, 5.74) is 0. The lowest BCUT2D eigenvalue weighted by atomic mass is 10.0. The van der Waals surface area contributed by atoms with Gasteiger partial charge in [-0.25, -0.2) is 0 Å². The van der Waals surface area contributed by atoms with Gasteiger partial charge in [-0.3, -0.25) is 0 Å². The number of rotatable bonds is 19. The molecule has 0 spiro atoms. The minimum Gasteiger partial charge on any atom is -0.315 e. The molecular formula is C21H44N2. The van der Waals surface area contributed by atoms with Crippen LogP contribution in [0.1, 0.15) is 110 Å². The van der Waals surface area contributed by atoms with Crippen molar-refractivity contribution in [2.45, 2.75) is 116 Å². The maximum absolute atomic E-state index is 3.53. The van der Waals surface area contributed by atoms with E-state index in [9.17, 15) is 0 Å². The molecule has 23 heavy (non-hydrogen) atoms. The van der Waals surface area contributed by atoms with E-state index in [0.29, 0.717) is 0 Å². The van der Waals surface area contributed by atoms with E-state index < -0.39 is 0 Å². The molecule has 1 aliphatic heterocycles. The normalized spacial score (nSPS) is 16.8. The first-order valence-electron chi connectivity index (χ1n) is 10.9. The Morgan fingerprint density at radius 3 is 1.43 bits per heavy atom. The van der Waals surface area contributed by atoms with Crippen LogP contribution in [0.2, 0.25) is 0 Å². The minimum atomic E-state index is 0.788. The molecule has 1 unspecified atom stereocenters. The summed E-state index contributed by atoms with van der Waals surface area (Å²) >= 11 is 0. The van der Waals surface area contributed by atoms with Crippen LogP contribution in [-0.2, 0) is 0 Å². The van der Waals surface area contributed by atoms with Crippen molar-refractivity contribution in [3.05, 3.63) is 0 Å². The fraction of sp³-hybridized carbons (Fsp3) is 1.00. The van der Waals surface area contributed by atoms with Crippen LogP contribution < -0.4 is 10.6 Å². The molecule has 2 nitrogen and oxygen atoms in total. The van der Waals surface area contributed by atoms with Crippen LogP contribution in [-0.4, -0.2) is 25.7 Å². The zero-order chi connectivity index (χ0) is 16.4. The van der Waals surface area contributed by atoms with E-state index in [1.54, 1.807) is 0 Å². The Bertz CT molecular complexity index is 226. The third-order valence-electron chi connectivity index (χ3n) is 5.09. The summed E-state index contributed by atoms with van der Waals surface area (Å²) in [4.78, 5) is 0. The molecule has 1 fully saturated rings. The highest BCUT2D eigenvalue weighted by Crippen LogP contribution is 2.13. The summed E-state index contributed by atoms with van der Waals surface area (Å²) in [5.74, 6) is 0. The molecule has 0 aromatic carbocycles. The van der Waals surface area contributed by atoms with Gasteiger partial charge in [-0.15, -0.1) is 0 Å². The molecule has 1 aliphatic rings. The number of hydrogen-bond donors (Lipinski definition) is 2. The minimum absolute atomic E-state index is 0.788. The lowest BCUT2D eigenvalue weighted by molar-refractivity contribution is 0.525. The molecule has 0 amide bonds. The lowest BCUT2D eigenvalue weighted by Crippen LogP contribution is -2.21. The smallest absolute Gasteiger partial charge is 0.0318 e. The Kier molecular flexibility index (Phi) is 15.3. The Balaban J connectivity index is 1.59. The molecule has 0 radical (unpaired) electrons. The maximum atomic E-state index is 3.53. The van der Waals surface area contributed by atoms with Crippen molar-refractivity contribution in [1.82, 2.24) is 10.6 Å². The van der Waals surface area contributed by atoms with E-state index in [2.05, 4.69) is 17.6 Å². The van der Waals surface area contributed by atoms with Gasteiger partial charge < -0.3 is 10.6 Å². The zero-order valence-electron chi connectivity index (χ0n) is 16.0. The highest BCUT2D eigenvalue weighted by Gasteiger charge is 2.18. The molecule has 1 saturated heterocycles. The van der Waals surface area contributed by atoms with Gasteiger partial charge in [-0.2, -0.15) is 0 Å².